The van der Waals surface area contributed by atoms with Gasteiger partial charge in [-0.05, 0) is 48.6 Å². The number of terminal acetylenes is 1. The molecule has 4 aromatic rings. The number of benzene rings is 2. The molecule has 2 aromatic carbocycles. The van der Waals surface area contributed by atoms with E-state index in [0.29, 0.717) is 25.3 Å². The number of nitrogens with two attached hydrogens (primary N) is 1. The third-order valence-corrected chi connectivity index (χ3v) is 11.5. The second-order valence-electron chi connectivity index (χ2n) is 14.3. The summed E-state index contributed by atoms with van der Waals surface area (Å²) in [7, 11) is -4.80. The van der Waals surface area contributed by atoms with Gasteiger partial charge in [0.1, 0.15) is 36.3 Å². The van der Waals surface area contributed by atoms with Gasteiger partial charge in [0.15, 0.2) is 28.7 Å². The van der Waals surface area contributed by atoms with Crippen LogP contribution in [0.15, 0.2) is 54.9 Å². The number of rotatable bonds is 22. The van der Waals surface area contributed by atoms with Crippen LogP contribution in [0.25, 0.3) is 11.2 Å². The van der Waals surface area contributed by atoms with Crippen molar-refractivity contribution in [3.8, 4) is 18.1 Å². The van der Waals surface area contributed by atoms with Crippen molar-refractivity contribution in [2.75, 3.05) is 25.6 Å². The summed E-state index contributed by atoms with van der Waals surface area (Å²) in [5.41, 5.74) is 3.87. The molecule has 1 aliphatic rings. The number of aromatic nitrogens is 4. The highest BCUT2D eigenvalue weighted by Crippen LogP contribution is 2.49. The first kappa shape index (κ1) is 45.9. The molecule has 324 valence electrons. The smallest absolute Gasteiger partial charge is 0.464 e. The topological polar surface area (TPSA) is 188 Å². The van der Waals surface area contributed by atoms with Gasteiger partial charge in [-0.1, -0.05) is 83.4 Å². The minimum absolute atomic E-state index is 0.00415. The van der Waals surface area contributed by atoms with Crippen LogP contribution in [0, 0.1) is 36.0 Å². The lowest BCUT2D eigenvalue weighted by molar-refractivity contribution is -0.147. The summed E-state index contributed by atoms with van der Waals surface area (Å²) >= 11 is 0. The molecule has 19 heteroatoms. The van der Waals surface area contributed by atoms with E-state index in [-0.39, 0.29) is 53.8 Å². The molecule has 2 aromatic heterocycles. The van der Waals surface area contributed by atoms with Crippen LogP contribution in [0.4, 0.5) is 23.8 Å². The number of hydrogen-bond acceptors (Lipinski definition) is 13. The number of carbonyl (C=O) groups excluding carboxylic acids is 2. The van der Waals surface area contributed by atoms with E-state index in [4.69, 9.17) is 40.2 Å². The van der Waals surface area contributed by atoms with Gasteiger partial charge in [-0.3, -0.25) is 13.9 Å². The molecule has 0 saturated carbocycles. The van der Waals surface area contributed by atoms with Gasteiger partial charge in [0.2, 0.25) is 0 Å². The van der Waals surface area contributed by atoms with Gasteiger partial charge in [0, 0.05) is 12.5 Å². The Balaban J connectivity index is 1.47. The maximum Gasteiger partial charge on any atom is 0.508 e. The Morgan fingerprint density at radius 2 is 1.77 bits per heavy atom. The van der Waals surface area contributed by atoms with Crippen molar-refractivity contribution >= 4 is 36.9 Å². The SMILES string of the molecule is C#C[C@]1(CO[P@@](=O)(N[C@@H](Cc2cc(F)cc(F)c2)C(=O)OCC(CC)CC)Oc2ccccc2)O[C@@H](n2cnc3c(N)nc(F)nc32)C[C@@H]1OC(=O)OCCCCCCC. The third-order valence-electron chi connectivity index (χ3n) is 9.96. The van der Waals surface area contributed by atoms with E-state index in [9.17, 15) is 27.3 Å². The van der Waals surface area contributed by atoms with E-state index >= 15 is 0 Å². The quantitative estimate of drug-likeness (QED) is 0.0254. The summed E-state index contributed by atoms with van der Waals surface area (Å²) in [6, 6.07) is 8.98. The molecule has 0 spiro atoms. The summed E-state index contributed by atoms with van der Waals surface area (Å²) in [6.45, 7) is 5.21. The number of halogens is 3. The summed E-state index contributed by atoms with van der Waals surface area (Å²) in [4.78, 5) is 38.4. The predicted molar refractivity (Wildman–Crippen MR) is 214 cm³/mol. The van der Waals surface area contributed by atoms with Crippen LogP contribution >= 0.6 is 7.75 Å². The minimum Gasteiger partial charge on any atom is -0.464 e. The maximum atomic E-state index is 15.0. The molecule has 5 atom stereocenters. The number of anilines is 1. The number of esters is 1. The van der Waals surface area contributed by atoms with E-state index in [1.54, 1.807) is 18.2 Å². The lowest BCUT2D eigenvalue weighted by atomic mass is 9.99. The highest BCUT2D eigenvalue weighted by Gasteiger charge is 2.53. The molecule has 60 heavy (non-hydrogen) atoms. The Morgan fingerprint density at radius 1 is 1.05 bits per heavy atom. The normalized spacial score (nSPS) is 19.1. The first-order valence-electron chi connectivity index (χ1n) is 19.8. The lowest BCUT2D eigenvalue weighted by Gasteiger charge is -2.31. The Kier molecular flexibility index (Phi) is 16.3. The van der Waals surface area contributed by atoms with E-state index in [2.05, 4.69) is 32.9 Å². The van der Waals surface area contributed by atoms with Crippen molar-refractivity contribution in [1.82, 2.24) is 24.6 Å². The Bertz CT molecular complexity index is 2130. The number of nitrogens with one attached hydrogen (secondary N) is 1. The number of fused-ring (bicyclic) bond motifs is 1. The monoisotopic (exact) mass is 858 g/mol. The molecular formula is C41H50F3N6O9P. The van der Waals surface area contributed by atoms with E-state index < -0.39 is 74.6 Å². The first-order valence-corrected chi connectivity index (χ1v) is 21.4. The molecule has 0 unspecified atom stereocenters. The molecule has 15 nitrogen and oxygen atoms in total. The van der Waals surface area contributed by atoms with Crippen molar-refractivity contribution in [3.63, 3.8) is 0 Å². The van der Waals surface area contributed by atoms with Gasteiger partial charge in [-0.2, -0.15) is 19.4 Å². The molecule has 1 aliphatic heterocycles. The second kappa shape index (κ2) is 21.4. The molecule has 5 rings (SSSR count). The van der Waals surface area contributed by atoms with Gasteiger partial charge in [0.25, 0.3) is 0 Å². The van der Waals surface area contributed by atoms with Gasteiger partial charge < -0.3 is 29.2 Å². The Labute approximate surface area is 346 Å². The average molecular weight is 859 g/mol. The van der Waals surface area contributed by atoms with Crippen molar-refractivity contribution in [3.05, 3.63) is 78.1 Å². The standard InChI is InChI=1S/C41H50F3N6O9P/c1-5-9-10-11-15-18-54-40(52)57-33-23-34(50-26-46-35-36(45)47-39(44)48-37(35)50)58-41(33,8-4)25-56-60(53,59-31-16-13-12-14-17-31)49-32(38(51)55-24-27(6-2)7-3)21-28-19-29(42)22-30(43)20-28/h4,12-14,16-17,19-20,22,26-27,32-34H,5-7,9-11,15,18,21,23-25H2,1-3H3,(H,49,53)(H2,45,47,48)/t32-,33-,34+,41+,60-/m0/s1. The number of imidazole rings is 1. The Morgan fingerprint density at radius 3 is 2.45 bits per heavy atom. The zero-order valence-corrected chi connectivity index (χ0v) is 34.6. The number of para-hydroxylation sites is 1. The number of ether oxygens (including phenoxy) is 4. The highest BCUT2D eigenvalue weighted by atomic mass is 31.2. The maximum absolute atomic E-state index is 15.0. The van der Waals surface area contributed by atoms with Crippen molar-refractivity contribution in [2.45, 2.75) is 103 Å². The number of carbonyl (C=O) groups is 2. The van der Waals surface area contributed by atoms with Crippen molar-refractivity contribution in [1.29, 1.82) is 0 Å². The van der Waals surface area contributed by atoms with Crippen LogP contribution in [0.3, 0.4) is 0 Å². The number of nitrogens with zero attached hydrogens (tertiary/aromatic N) is 4. The van der Waals surface area contributed by atoms with Crippen molar-refractivity contribution < 1.29 is 55.3 Å². The van der Waals surface area contributed by atoms with E-state index in [0.717, 1.165) is 37.8 Å². The van der Waals surface area contributed by atoms with Crippen LogP contribution in [0.5, 0.6) is 5.75 Å². The highest BCUT2D eigenvalue weighted by molar-refractivity contribution is 7.52. The molecule has 0 bridgehead atoms. The van der Waals surface area contributed by atoms with Gasteiger partial charge in [-0.15, -0.1) is 6.42 Å². The summed E-state index contributed by atoms with van der Waals surface area (Å²) in [5, 5.41) is 2.62. The number of nitrogen functional groups attached to an aromatic ring is 1. The first-order chi connectivity index (χ1) is 28.8. The zero-order valence-electron chi connectivity index (χ0n) is 33.7. The fourth-order valence-corrected chi connectivity index (χ4v) is 8.05. The van der Waals surface area contributed by atoms with Crippen LogP contribution in [-0.2, 0) is 39.3 Å². The lowest BCUT2D eigenvalue weighted by Crippen LogP contribution is -2.46. The summed E-state index contributed by atoms with van der Waals surface area (Å²) in [6.07, 6.45) is 7.92. The predicted octanol–water partition coefficient (Wildman–Crippen LogP) is 7.99. The van der Waals surface area contributed by atoms with Crippen molar-refractivity contribution in [2.24, 2.45) is 5.92 Å². The largest absolute Gasteiger partial charge is 0.508 e. The minimum atomic E-state index is -4.80. The van der Waals surface area contributed by atoms with Crippen LogP contribution < -0.4 is 15.3 Å². The number of unbranched alkanes of at least 4 members (excludes halogenated alkanes) is 4. The number of hydrogen-bond donors (Lipinski definition) is 2. The molecular weight excluding hydrogens is 808 g/mol. The van der Waals surface area contributed by atoms with Gasteiger partial charge in [-0.25, -0.2) is 23.1 Å². The van der Waals surface area contributed by atoms with Gasteiger partial charge >= 0.3 is 25.9 Å². The molecule has 0 radical (unpaired) electrons. The summed E-state index contributed by atoms with van der Waals surface area (Å²) < 4.78 is 94.3. The van der Waals surface area contributed by atoms with Crippen LogP contribution in [-0.4, -0.2) is 69.2 Å². The zero-order chi connectivity index (χ0) is 43.3. The molecule has 3 heterocycles. The average Bonchev–Trinajstić information content (AvgIpc) is 3.80. The Hall–Kier alpha value is -5.21. The summed E-state index contributed by atoms with van der Waals surface area (Å²) in [5.74, 6) is -0.439. The molecule has 3 N–H and O–H groups in total. The fourth-order valence-electron chi connectivity index (χ4n) is 6.54. The molecule has 0 amide bonds. The fraction of sp³-hybridized carbons (Fsp3) is 0.488. The molecule has 1 saturated heterocycles. The molecule has 1 fully saturated rings. The second-order valence-corrected chi connectivity index (χ2v) is 16.0. The van der Waals surface area contributed by atoms with E-state index in [1.165, 1.54) is 23.0 Å². The van der Waals surface area contributed by atoms with Crippen LogP contribution in [0.1, 0.15) is 83.9 Å². The van der Waals surface area contributed by atoms with Crippen LogP contribution in [0.2, 0.25) is 0 Å². The van der Waals surface area contributed by atoms with Gasteiger partial charge in [0.05, 0.1) is 19.5 Å². The molecule has 0 aliphatic carbocycles. The van der Waals surface area contributed by atoms with E-state index in [1.807, 2.05) is 13.8 Å². The third kappa shape index (κ3) is 12.2.